The van der Waals surface area contributed by atoms with Crippen molar-refractivity contribution >= 4 is 5.69 Å². The molecule has 4 atom stereocenters. The molecule has 9 nitrogen and oxygen atoms in total. The lowest BCUT2D eigenvalue weighted by Crippen LogP contribution is -2.39. The molecule has 0 bridgehead atoms. The Morgan fingerprint density at radius 2 is 2.26 bits per heavy atom. The van der Waals surface area contributed by atoms with E-state index in [-0.39, 0.29) is 5.69 Å². The van der Waals surface area contributed by atoms with E-state index in [1.165, 1.54) is 7.11 Å². The van der Waals surface area contributed by atoms with E-state index in [0.29, 0.717) is 0 Å². The molecule has 106 valence electrons. The number of anilines is 1. The number of nitrogens with one attached hydrogen (secondary N) is 1. The maximum atomic E-state index is 11.7. The van der Waals surface area contributed by atoms with Crippen molar-refractivity contribution in [2.45, 2.75) is 24.5 Å². The van der Waals surface area contributed by atoms with E-state index in [4.69, 9.17) is 20.3 Å². The highest BCUT2D eigenvalue weighted by Gasteiger charge is 2.45. The van der Waals surface area contributed by atoms with Crippen LogP contribution in [0.25, 0.3) is 0 Å². The van der Waals surface area contributed by atoms with Crippen LogP contribution in [-0.4, -0.2) is 51.8 Å². The number of hydrogen-bond acceptors (Lipinski definition) is 7. The lowest BCUT2D eigenvalue weighted by atomic mass is 10.1. The molecule has 0 amide bonds. The quantitative estimate of drug-likeness (QED) is 0.472. The van der Waals surface area contributed by atoms with Crippen LogP contribution < -0.4 is 17.0 Å². The van der Waals surface area contributed by atoms with Gasteiger partial charge in [-0.15, -0.1) is 0 Å². The summed E-state index contributed by atoms with van der Waals surface area (Å²) in [7, 11) is 1.34. The molecule has 1 aliphatic rings. The highest BCUT2D eigenvalue weighted by atomic mass is 16.6. The number of ether oxygens (including phenoxy) is 2. The number of rotatable bonds is 3. The highest BCUT2D eigenvalue weighted by Crippen LogP contribution is 2.30. The Morgan fingerprint density at radius 3 is 2.84 bits per heavy atom. The summed E-state index contributed by atoms with van der Waals surface area (Å²) in [5, 5.41) is 18.9. The summed E-state index contributed by atoms with van der Waals surface area (Å²) in [5.41, 5.74) is 3.83. The molecule has 1 saturated heterocycles. The van der Waals surface area contributed by atoms with Crippen LogP contribution in [-0.2, 0) is 9.47 Å². The zero-order valence-electron chi connectivity index (χ0n) is 10.1. The summed E-state index contributed by atoms with van der Waals surface area (Å²) < 4.78 is 11.4. The van der Waals surface area contributed by atoms with Gasteiger partial charge in [-0.1, -0.05) is 0 Å². The molecule has 9 heteroatoms. The van der Waals surface area contributed by atoms with Crippen LogP contribution >= 0.6 is 0 Å². The third-order valence-electron chi connectivity index (χ3n) is 3.03. The summed E-state index contributed by atoms with van der Waals surface area (Å²) in [6.07, 6.45) is -2.70. The predicted molar refractivity (Wildman–Crippen MR) is 63.5 cm³/mol. The van der Waals surface area contributed by atoms with Crippen molar-refractivity contribution in [3.8, 4) is 0 Å². The number of aromatic amines is 1. The molecule has 1 aromatic heterocycles. The van der Waals surface area contributed by atoms with Crippen LogP contribution in [0.4, 0.5) is 5.69 Å². The van der Waals surface area contributed by atoms with Gasteiger partial charge < -0.3 is 25.4 Å². The van der Waals surface area contributed by atoms with Crippen LogP contribution in [0.1, 0.15) is 6.23 Å². The zero-order chi connectivity index (χ0) is 14.2. The van der Waals surface area contributed by atoms with Crippen LogP contribution in [0.5, 0.6) is 0 Å². The number of H-pyrrole nitrogens is 1. The van der Waals surface area contributed by atoms with Gasteiger partial charge in [0.1, 0.15) is 24.0 Å². The molecule has 1 fully saturated rings. The van der Waals surface area contributed by atoms with Gasteiger partial charge in [-0.25, -0.2) is 4.79 Å². The molecule has 2 rings (SSSR count). The van der Waals surface area contributed by atoms with E-state index in [1.807, 2.05) is 4.98 Å². The average molecular weight is 273 g/mol. The Hall–Kier alpha value is -1.68. The molecule has 1 aliphatic heterocycles. The minimum absolute atomic E-state index is 0.167. The predicted octanol–water partition coefficient (Wildman–Crippen LogP) is -2.62. The summed E-state index contributed by atoms with van der Waals surface area (Å²) in [6.45, 7) is -0.425. The summed E-state index contributed by atoms with van der Waals surface area (Å²) in [5.74, 6) is 0. The Bertz CT molecular complexity index is 567. The van der Waals surface area contributed by atoms with E-state index in [1.54, 1.807) is 0 Å². The molecule has 0 radical (unpaired) electrons. The van der Waals surface area contributed by atoms with E-state index in [2.05, 4.69) is 0 Å². The minimum atomic E-state index is -1.10. The van der Waals surface area contributed by atoms with E-state index in [9.17, 15) is 14.7 Å². The first-order chi connectivity index (χ1) is 8.99. The van der Waals surface area contributed by atoms with Crippen molar-refractivity contribution in [3.05, 3.63) is 27.0 Å². The average Bonchev–Trinajstić information content (AvgIpc) is 2.70. The van der Waals surface area contributed by atoms with Gasteiger partial charge in [-0.05, 0) is 0 Å². The molecular formula is C10H15N3O6. The standard InChI is InChI=1S/C10H15N3O6/c1-18-7-6(15)5(3-14)19-9(7)13-2-4(11)8(16)12-10(13)17/h2,5-7,9,14-15H,3,11H2,1H3,(H,12,16,17)/t5-,6-,7-,9-/m1/s1. The Balaban J connectivity index is 2.44. The van der Waals surface area contributed by atoms with Crippen LogP contribution in [0.2, 0.25) is 0 Å². The second-order valence-electron chi connectivity index (χ2n) is 4.19. The van der Waals surface area contributed by atoms with Crippen molar-refractivity contribution in [2.24, 2.45) is 0 Å². The smallest absolute Gasteiger partial charge is 0.330 e. The van der Waals surface area contributed by atoms with Gasteiger partial charge in [-0.2, -0.15) is 0 Å². The van der Waals surface area contributed by atoms with Crippen LogP contribution in [0.15, 0.2) is 15.8 Å². The fourth-order valence-corrected chi connectivity index (χ4v) is 2.04. The third-order valence-corrected chi connectivity index (χ3v) is 3.03. The van der Waals surface area contributed by atoms with Crippen molar-refractivity contribution in [1.29, 1.82) is 0 Å². The topological polar surface area (TPSA) is 140 Å². The molecule has 5 N–H and O–H groups in total. The lowest BCUT2D eigenvalue weighted by molar-refractivity contribution is -0.0624. The summed E-state index contributed by atoms with van der Waals surface area (Å²) in [4.78, 5) is 24.9. The Labute approximate surface area is 107 Å². The molecule has 0 aromatic carbocycles. The van der Waals surface area contributed by atoms with Gasteiger partial charge in [0.05, 0.1) is 6.61 Å². The maximum absolute atomic E-state index is 11.7. The Morgan fingerprint density at radius 1 is 1.58 bits per heavy atom. The number of aromatic nitrogens is 2. The second kappa shape index (κ2) is 5.13. The number of aliphatic hydroxyl groups excluding tert-OH is 2. The van der Waals surface area contributed by atoms with Crippen molar-refractivity contribution in [1.82, 2.24) is 9.55 Å². The molecule has 0 aliphatic carbocycles. The van der Waals surface area contributed by atoms with E-state index in [0.717, 1.165) is 10.8 Å². The molecule has 0 unspecified atom stereocenters. The van der Waals surface area contributed by atoms with Gasteiger partial charge in [-0.3, -0.25) is 14.3 Å². The SMILES string of the molecule is CO[C@@H]1[C@H](O)[C@@H](CO)O[C@H]1n1cc(N)c(=O)[nH]c1=O. The second-order valence-corrected chi connectivity index (χ2v) is 4.19. The van der Waals surface area contributed by atoms with Gasteiger partial charge >= 0.3 is 5.69 Å². The van der Waals surface area contributed by atoms with Gasteiger partial charge in [0, 0.05) is 13.3 Å². The number of nitrogen functional groups attached to an aromatic ring is 1. The van der Waals surface area contributed by atoms with Crippen molar-refractivity contribution in [2.75, 3.05) is 19.5 Å². The summed E-state index contributed by atoms with van der Waals surface area (Å²) >= 11 is 0. The van der Waals surface area contributed by atoms with Crippen molar-refractivity contribution in [3.63, 3.8) is 0 Å². The molecular weight excluding hydrogens is 258 g/mol. The molecule has 1 aromatic rings. The largest absolute Gasteiger partial charge is 0.394 e. The maximum Gasteiger partial charge on any atom is 0.330 e. The Kier molecular flexibility index (Phi) is 3.71. The van der Waals surface area contributed by atoms with E-state index < -0.39 is 42.4 Å². The van der Waals surface area contributed by atoms with Gasteiger partial charge in [0.2, 0.25) is 0 Å². The van der Waals surface area contributed by atoms with Gasteiger partial charge in [0.25, 0.3) is 5.56 Å². The zero-order valence-corrected chi connectivity index (χ0v) is 10.1. The normalized spacial score (nSPS) is 30.7. The number of nitrogens with zero attached hydrogens (tertiary/aromatic N) is 1. The number of aliphatic hydroxyl groups is 2. The van der Waals surface area contributed by atoms with Crippen LogP contribution in [0, 0.1) is 0 Å². The third kappa shape index (κ3) is 2.28. The van der Waals surface area contributed by atoms with Crippen molar-refractivity contribution < 1.29 is 19.7 Å². The number of hydrogen-bond donors (Lipinski definition) is 4. The first-order valence-corrected chi connectivity index (χ1v) is 5.57. The fourth-order valence-electron chi connectivity index (χ4n) is 2.04. The molecule has 19 heavy (non-hydrogen) atoms. The summed E-state index contributed by atoms with van der Waals surface area (Å²) in [6, 6.07) is 0. The minimum Gasteiger partial charge on any atom is -0.394 e. The fraction of sp³-hybridized carbons (Fsp3) is 0.600. The van der Waals surface area contributed by atoms with Crippen LogP contribution in [0.3, 0.4) is 0 Å². The molecule has 0 saturated carbocycles. The number of methoxy groups -OCH3 is 1. The van der Waals surface area contributed by atoms with E-state index >= 15 is 0 Å². The molecule has 0 spiro atoms. The molecule has 2 heterocycles. The highest BCUT2D eigenvalue weighted by molar-refractivity contribution is 5.30. The first kappa shape index (κ1) is 13.7. The van der Waals surface area contributed by atoms with Gasteiger partial charge in [0.15, 0.2) is 6.23 Å². The lowest BCUT2D eigenvalue weighted by Gasteiger charge is -2.20. The monoisotopic (exact) mass is 273 g/mol. The first-order valence-electron chi connectivity index (χ1n) is 5.57. The number of nitrogens with two attached hydrogens (primary N) is 1.